The maximum atomic E-state index is 13.0. The average molecular weight is 430 g/mol. The lowest BCUT2D eigenvalue weighted by Crippen LogP contribution is -2.30. The highest BCUT2D eigenvalue weighted by Gasteiger charge is 2.38. The number of fused-ring (bicyclic) bond motifs is 1. The Morgan fingerprint density at radius 3 is 2.19 bits per heavy atom. The summed E-state index contributed by atoms with van der Waals surface area (Å²) in [6, 6.07) is 15.6. The van der Waals surface area contributed by atoms with E-state index in [9.17, 15) is 29.9 Å². The molecule has 0 saturated heterocycles. The number of nitro benzene ring substituents is 1. The van der Waals surface area contributed by atoms with Crippen LogP contribution in [0, 0.1) is 17.0 Å². The molecule has 0 aromatic heterocycles. The van der Waals surface area contributed by atoms with Gasteiger partial charge >= 0.3 is 0 Å². The van der Waals surface area contributed by atoms with Crippen molar-refractivity contribution < 1.29 is 24.7 Å². The molecule has 4 rings (SSSR count). The predicted octanol–water partition coefficient (Wildman–Crippen LogP) is 4.50. The van der Waals surface area contributed by atoms with E-state index in [-0.39, 0.29) is 28.0 Å². The Hall–Kier alpha value is -4.46. The Labute approximate surface area is 182 Å². The van der Waals surface area contributed by atoms with Crippen LogP contribution in [0.15, 0.2) is 72.3 Å². The molecule has 0 heterocycles. The quantitative estimate of drug-likeness (QED) is 0.309. The molecule has 0 saturated carbocycles. The number of hydrogen-bond donors (Lipinski definition) is 3. The number of rotatable bonds is 5. The lowest BCUT2D eigenvalue weighted by Gasteiger charge is -2.27. The van der Waals surface area contributed by atoms with E-state index in [1.807, 2.05) is 19.1 Å². The first-order chi connectivity index (χ1) is 15.3. The molecule has 0 spiro atoms. The molecule has 8 heteroatoms. The summed E-state index contributed by atoms with van der Waals surface area (Å²) in [5.41, 5.74) is 1.33. The maximum Gasteiger partial charge on any atom is 0.273 e. The smallest absolute Gasteiger partial charge is 0.273 e. The Morgan fingerprint density at radius 1 is 0.906 bits per heavy atom. The van der Waals surface area contributed by atoms with Crippen LogP contribution in [0.1, 0.15) is 33.1 Å². The molecule has 0 radical (unpaired) electrons. The molecule has 160 valence electrons. The number of benzene rings is 3. The second kappa shape index (κ2) is 7.99. The van der Waals surface area contributed by atoms with Crippen LogP contribution in [0.25, 0.3) is 5.76 Å². The van der Waals surface area contributed by atoms with E-state index in [1.165, 1.54) is 24.3 Å². The van der Waals surface area contributed by atoms with Crippen LogP contribution in [-0.4, -0.2) is 26.7 Å². The number of ketones is 2. The van der Waals surface area contributed by atoms with Crippen molar-refractivity contribution in [2.45, 2.75) is 13.0 Å². The number of anilines is 1. The Bertz CT molecular complexity index is 1290. The fourth-order valence-corrected chi connectivity index (χ4v) is 3.66. The number of Topliss-reactive ketones (excluding diaryl/α,β-unsaturated/α-hetero) is 2. The van der Waals surface area contributed by atoms with Crippen LogP contribution in [0.5, 0.6) is 5.75 Å². The highest BCUT2D eigenvalue weighted by molar-refractivity contribution is 6.52. The number of nitrogens with zero attached hydrogens (tertiary/aromatic N) is 1. The number of phenolic OH excluding ortho intramolecular Hbond substituents is 1. The molecular weight excluding hydrogens is 412 g/mol. The highest BCUT2D eigenvalue weighted by Crippen LogP contribution is 2.40. The van der Waals surface area contributed by atoms with Gasteiger partial charge in [0.05, 0.1) is 22.6 Å². The zero-order chi connectivity index (χ0) is 23.0. The number of nitro groups is 1. The SMILES string of the molecule is Cc1ccc(NC(C2=C(O)c3ccccc3C(=O)C2=O)c2ccc([N+](=O)[O-])cc2O)cc1. The van der Waals surface area contributed by atoms with Crippen LogP contribution >= 0.6 is 0 Å². The van der Waals surface area contributed by atoms with Crippen molar-refractivity contribution in [3.63, 3.8) is 0 Å². The lowest BCUT2D eigenvalue weighted by molar-refractivity contribution is -0.384. The topological polar surface area (TPSA) is 130 Å². The van der Waals surface area contributed by atoms with Gasteiger partial charge < -0.3 is 15.5 Å². The van der Waals surface area contributed by atoms with Crippen molar-refractivity contribution in [3.05, 3.63) is 105 Å². The van der Waals surface area contributed by atoms with E-state index in [4.69, 9.17) is 0 Å². The number of carbonyl (C=O) groups excluding carboxylic acids is 2. The first kappa shape index (κ1) is 20.8. The van der Waals surface area contributed by atoms with Crippen LogP contribution in [0.3, 0.4) is 0 Å². The number of aliphatic hydroxyl groups is 1. The molecule has 32 heavy (non-hydrogen) atoms. The predicted molar refractivity (Wildman–Crippen MR) is 118 cm³/mol. The van der Waals surface area contributed by atoms with Crippen molar-refractivity contribution in [1.82, 2.24) is 0 Å². The maximum absolute atomic E-state index is 13.0. The minimum atomic E-state index is -1.15. The zero-order valence-corrected chi connectivity index (χ0v) is 16.9. The summed E-state index contributed by atoms with van der Waals surface area (Å²) in [5.74, 6) is -2.56. The normalized spacial score (nSPS) is 14.2. The first-order valence-electron chi connectivity index (χ1n) is 9.70. The molecule has 3 aromatic rings. The van der Waals surface area contributed by atoms with Gasteiger partial charge in [-0.25, -0.2) is 0 Å². The van der Waals surface area contributed by atoms with Gasteiger partial charge in [0, 0.05) is 28.4 Å². The molecular formula is C24H18N2O6. The minimum absolute atomic E-state index is 0.0840. The Balaban J connectivity index is 1.91. The van der Waals surface area contributed by atoms with Crippen LogP contribution < -0.4 is 5.32 Å². The van der Waals surface area contributed by atoms with Crippen molar-refractivity contribution in [2.75, 3.05) is 5.32 Å². The third kappa shape index (κ3) is 3.58. The molecule has 0 bridgehead atoms. The van der Waals surface area contributed by atoms with Crippen LogP contribution in [-0.2, 0) is 4.79 Å². The van der Waals surface area contributed by atoms with E-state index < -0.39 is 34.0 Å². The monoisotopic (exact) mass is 430 g/mol. The number of phenols is 1. The van der Waals surface area contributed by atoms with Crippen LogP contribution in [0.2, 0.25) is 0 Å². The fraction of sp³-hybridized carbons (Fsp3) is 0.0833. The summed E-state index contributed by atoms with van der Waals surface area (Å²) in [4.78, 5) is 36.2. The molecule has 3 N–H and O–H groups in total. The minimum Gasteiger partial charge on any atom is -0.507 e. The van der Waals surface area contributed by atoms with E-state index in [0.717, 1.165) is 11.6 Å². The van der Waals surface area contributed by atoms with Gasteiger partial charge in [0.25, 0.3) is 5.69 Å². The standard InChI is InChI=1S/C24H18N2O6/c1-13-6-8-14(9-7-13)25-21(18-11-10-15(26(31)32)12-19(18)27)20-22(28)16-4-2-3-5-17(16)23(29)24(20)30/h2-12,21,25,27-28H,1H3. The number of nitrogens with one attached hydrogen (secondary N) is 1. The second-order valence-electron chi connectivity index (χ2n) is 7.41. The van der Waals surface area contributed by atoms with Gasteiger partial charge in [0.1, 0.15) is 11.5 Å². The van der Waals surface area contributed by atoms with Crippen molar-refractivity contribution in [2.24, 2.45) is 0 Å². The van der Waals surface area contributed by atoms with Crippen molar-refractivity contribution in [1.29, 1.82) is 0 Å². The fourth-order valence-electron chi connectivity index (χ4n) is 3.66. The third-order valence-corrected chi connectivity index (χ3v) is 5.32. The Kier molecular flexibility index (Phi) is 5.19. The first-order valence-corrected chi connectivity index (χ1v) is 9.70. The lowest BCUT2D eigenvalue weighted by atomic mass is 9.82. The van der Waals surface area contributed by atoms with E-state index >= 15 is 0 Å². The summed E-state index contributed by atoms with van der Waals surface area (Å²) in [5, 5.41) is 35.7. The molecule has 1 aliphatic carbocycles. The van der Waals surface area contributed by atoms with Gasteiger partial charge in [-0.2, -0.15) is 0 Å². The van der Waals surface area contributed by atoms with E-state index in [2.05, 4.69) is 5.32 Å². The summed E-state index contributed by atoms with van der Waals surface area (Å²) in [6.45, 7) is 1.90. The number of aromatic hydroxyl groups is 1. The molecule has 0 fully saturated rings. The van der Waals surface area contributed by atoms with Gasteiger partial charge in [-0.15, -0.1) is 0 Å². The number of carbonyl (C=O) groups is 2. The van der Waals surface area contributed by atoms with Gasteiger partial charge in [0.2, 0.25) is 11.6 Å². The van der Waals surface area contributed by atoms with Gasteiger partial charge in [-0.05, 0) is 25.1 Å². The van der Waals surface area contributed by atoms with Crippen molar-refractivity contribution in [3.8, 4) is 5.75 Å². The number of non-ortho nitro benzene ring substituents is 1. The summed E-state index contributed by atoms with van der Waals surface area (Å²) in [6.07, 6.45) is 0. The molecule has 0 amide bonds. The second-order valence-corrected chi connectivity index (χ2v) is 7.41. The highest BCUT2D eigenvalue weighted by atomic mass is 16.6. The molecule has 3 aromatic carbocycles. The van der Waals surface area contributed by atoms with Crippen molar-refractivity contribution >= 4 is 28.7 Å². The molecule has 1 unspecified atom stereocenters. The largest absolute Gasteiger partial charge is 0.507 e. The van der Waals surface area contributed by atoms with E-state index in [1.54, 1.807) is 24.3 Å². The Morgan fingerprint density at radius 2 is 1.56 bits per heavy atom. The molecule has 0 aliphatic heterocycles. The molecule has 1 atom stereocenters. The summed E-state index contributed by atoms with van der Waals surface area (Å²) in [7, 11) is 0. The van der Waals surface area contributed by atoms with Gasteiger partial charge in [-0.1, -0.05) is 42.0 Å². The number of aryl methyl sites for hydroxylation is 1. The van der Waals surface area contributed by atoms with Gasteiger partial charge in [-0.3, -0.25) is 19.7 Å². The number of hydrogen-bond acceptors (Lipinski definition) is 7. The molecule has 1 aliphatic rings. The number of aliphatic hydroxyl groups excluding tert-OH is 1. The summed E-state index contributed by atoms with van der Waals surface area (Å²) < 4.78 is 0. The van der Waals surface area contributed by atoms with E-state index in [0.29, 0.717) is 5.69 Å². The summed E-state index contributed by atoms with van der Waals surface area (Å²) >= 11 is 0. The van der Waals surface area contributed by atoms with Crippen LogP contribution in [0.4, 0.5) is 11.4 Å². The molecule has 8 nitrogen and oxygen atoms in total. The third-order valence-electron chi connectivity index (χ3n) is 5.32. The zero-order valence-electron chi connectivity index (χ0n) is 16.9. The average Bonchev–Trinajstić information content (AvgIpc) is 2.78. The van der Waals surface area contributed by atoms with Gasteiger partial charge in [0.15, 0.2) is 0 Å².